The van der Waals surface area contributed by atoms with Gasteiger partial charge in [-0.3, -0.25) is 4.79 Å². The second-order valence-electron chi connectivity index (χ2n) is 4.87. The third kappa shape index (κ3) is 3.31. The van der Waals surface area contributed by atoms with Gasteiger partial charge in [0.05, 0.1) is 7.11 Å². The minimum Gasteiger partial charge on any atom is -0.465 e. The number of esters is 1. The Bertz CT molecular complexity index is 668. The predicted molar refractivity (Wildman–Crippen MR) is 81.3 cm³/mol. The van der Waals surface area contributed by atoms with E-state index in [0.29, 0.717) is 26.1 Å². The van der Waals surface area contributed by atoms with Crippen molar-refractivity contribution < 1.29 is 22.7 Å². The van der Waals surface area contributed by atoms with Crippen molar-refractivity contribution in [3.63, 3.8) is 0 Å². The van der Waals surface area contributed by atoms with Crippen LogP contribution in [0, 0.1) is 0 Å². The molecular weight excluding hydrogens is 328 g/mol. The van der Waals surface area contributed by atoms with Crippen LogP contribution < -0.4 is 0 Å². The zero-order chi connectivity index (χ0) is 16.3. The van der Waals surface area contributed by atoms with Crippen molar-refractivity contribution in [3.05, 3.63) is 16.3 Å². The lowest BCUT2D eigenvalue weighted by atomic mass is 10.4. The molecule has 0 aromatic carbocycles. The van der Waals surface area contributed by atoms with E-state index in [9.17, 15) is 18.0 Å². The van der Waals surface area contributed by atoms with Crippen LogP contribution in [0.15, 0.2) is 16.3 Å². The van der Waals surface area contributed by atoms with Crippen molar-refractivity contribution in [1.82, 2.24) is 9.21 Å². The molecular formula is C13H18N2O5S2. The summed E-state index contributed by atoms with van der Waals surface area (Å²) in [6, 6.07) is 1.42. The number of carbonyl (C=O) groups is 2. The molecule has 2 rings (SSSR count). The Morgan fingerprint density at radius 3 is 2.59 bits per heavy atom. The molecule has 0 atom stereocenters. The third-order valence-electron chi connectivity index (χ3n) is 3.52. The summed E-state index contributed by atoms with van der Waals surface area (Å²) in [5, 5.41) is 1.55. The van der Waals surface area contributed by atoms with Gasteiger partial charge in [0.1, 0.15) is 9.77 Å². The van der Waals surface area contributed by atoms with Crippen LogP contribution in [0.1, 0.15) is 23.0 Å². The molecule has 122 valence electrons. The summed E-state index contributed by atoms with van der Waals surface area (Å²) in [6.45, 7) is 2.90. The van der Waals surface area contributed by atoms with Gasteiger partial charge in [0.15, 0.2) is 0 Å². The molecule has 1 aromatic heterocycles. The summed E-state index contributed by atoms with van der Waals surface area (Å²) in [7, 11) is -2.55. The summed E-state index contributed by atoms with van der Waals surface area (Å²) < 4.78 is 31.4. The fourth-order valence-corrected chi connectivity index (χ4v) is 5.11. The minimum atomic E-state index is -3.77. The molecule has 9 heteroatoms. The van der Waals surface area contributed by atoms with Crippen LogP contribution in [0.25, 0.3) is 0 Å². The molecule has 1 saturated heterocycles. The van der Waals surface area contributed by atoms with Gasteiger partial charge in [-0.15, -0.1) is 11.3 Å². The quantitative estimate of drug-likeness (QED) is 0.755. The third-order valence-corrected chi connectivity index (χ3v) is 6.48. The lowest BCUT2D eigenvalue weighted by Gasteiger charge is -2.21. The van der Waals surface area contributed by atoms with Crippen LogP contribution in [-0.4, -0.2) is 62.8 Å². The van der Waals surface area contributed by atoms with Gasteiger partial charge in [0.25, 0.3) is 0 Å². The highest BCUT2D eigenvalue weighted by molar-refractivity contribution is 7.89. The Kier molecular flexibility index (Phi) is 5.20. The number of hydrogen-bond acceptors (Lipinski definition) is 6. The molecule has 7 nitrogen and oxygen atoms in total. The van der Waals surface area contributed by atoms with Crippen LogP contribution in [0.2, 0.25) is 0 Å². The Morgan fingerprint density at radius 2 is 1.95 bits per heavy atom. The molecule has 0 unspecified atom stereocenters. The van der Waals surface area contributed by atoms with Gasteiger partial charge in [0, 0.05) is 33.1 Å². The number of sulfonamides is 1. The topological polar surface area (TPSA) is 84.0 Å². The molecule has 1 amide bonds. The first-order valence-corrected chi connectivity index (χ1v) is 9.11. The number of carbonyl (C=O) groups excluding carboxylic acids is 2. The van der Waals surface area contributed by atoms with E-state index in [-0.39, 0.29) is 22.2 Å². The van der Waals surface area contributed by atoms with Crippen LogP contribution in [0.5, 0.6) is 0 Å². The first-order chi connectivity index (χ1) is 10.4. The predicted octanol–water partition coefficient (Wildman–Crippen LogP) is 0.778. The summed E-state index contributed by atoms with van der Waals surface area (Å²) in [5.41, 5.74) is 0. The van der Waals surface area contributed by atoms with E-state index in [2.05, 4.69) is 4.74 Å². The highest BCUT2D eigenvalue weighted by atomic mass is 32.2. The van der Waals surface area contributed by atoms with Crippen molar-refractivity contribution in [3.8, 4) is 0 Å². The minimum absolute atomic E-state index is 0.0272. The van der Waals surface area contributed by atoms with Crippen LogP contribution >= 0.6 is 11.3 Å². The van der Waals surface area contributed by atoms with Crippen LogP contribution in [-0.2, 0) is 19.6 Å². The average Bonchev–Trinajstić information content (AvgIpc) is 2.83. The lowest BCUT2D eigenvalue weighted by Crippen LogP contribution is -2.36. The van der Waals surface area contributed by atoms with E-state index in [1.54, 1.807) is 10.3 Å². The van der Waals surface area contributed by atoms with Crippen molar-refractivity contribution in [2.24, 2.45) is 0 Å². The molecule has 1 aromatic rings. The van der Waals surface area contributed by atoms with Crippen molar-refractivity contribution in [2.75, 3.05) is 33.3 Å². The number of ether oxygens (including phenoxy) is 1. The monoisotopic (exact) mass is 346 g/mol. The second kappa shape index (κ2) is 6.76. The Morgan fingerprint density at radius 1 is 1.23 bits per heavy atom. The first kappa shape index (κ1) is 16.9. The highest BCUT2D eigenvalue weighted by Crippen LogP contribution is 2.26. The number of thiophene rings is 1. The van der Waals surface area contributed by atoms with Gasteiger partial charge in [-0.25, -0.2) is 13.2 Å². The Balaban J connectivity index is 2.26. The van der Waals surface area contributed by atoms with Gasteiger partial charge in [-0.1, -0.05) is 0 Å². The standard InChI is InChI=1S/C13H18N2O5S2/c1-10(16)14-5-3-6-15(8-7-14)22(18,19)11-4-9-21-12(11)13(17)20-2/h4,9H,3,5-8H2,1-2H3. The summed E-state index contributed by atoms with van der Waals surface area (Å²) >= 11 is 1.04. The molecule has 2 heterocycles. The molecule has 0 N–H and O–H groups in total. The fraction of sp³-hybridized carbons (Fsp3) is 0.538. The molecule has 0 spiro atoms. The van der Waals surface area contributed by atoms with E-state index in [0.717, 1.165) is 11.3 Å². The molecule has 1 aliphatic heterocycles. The molecule has 0 saturated carbocycles. The maximum atomic E-state index is 12.7. The smallest absolute Gasteiger partial charge is 0.349 e. The largest absolute Gasteiger partial charge is 0.465 e. The van der Waals surface area contributed by atoms with Crippen LogP contribution in [0.3, 0.4) is 0 Å². The number of methoxy groups -OCH3 is 1. The second-order valence-corrected chi connectivity index (χ2v) is 7.69. The van der Waals surface area contributed by atoms with Gasteiger partial charge in [-0.05, 0) is 17.9 Å². The summed E-state index contributed by atoms with van der Waals surface area (Å²) in [4.78, 5) is 24.8. The van der Waals surface area contributed by atoms with Gasteiger partial charge >= 0.3 is 5.97 Å². The van der Waals surface area contributed by atoms with Crippen molar-refractivity contribution in [2.45, 2.75) is 18.2 Å². The average molecular weight is 346 g/mol. The van der Waals surface area contributed by atoms with E-state index < -0.39 is 16.0 Å². The number of hydrogen-bond donors (Lipinski definition) is 0. The number of nitrogens with zero attached hydrogens (tertiary/aromatic N) is 2. The first-order valence-electron chi connectivity index (χ1n) is 6.79. The molecule has 1 fully saturated rings. The van der Waals surface area contributed by atoms with Gasteiger partial charge < -0.3 is 9.64 Å². The fourth-order valence-electron chi connectivity index (χ4n) is 2.33. The van der Waals surface area contributed by atoms with Crippen molar-refractivity contribution >= 4 is 33.2 Å². The molecule has 0 bridgehead atoms. The Labute approximate surface area is 133 Å². The highest BCUT2D eigenvalue weighted by Gasteiger charge is 2.32. The maximum absolute atomic E-state index is 12.7. The molecule has 1 aliphatic rings. The van der Waals surface area contributed by atoms with E-state index >= 15 is 0 Å². The Hall–Kier alpha value is -1.45. The lowest BCUT2D eigenvalue weighted by molar-refractivity contribution is -0.128. The van der Waals surface area contributed by atoms with Gasteiger partial charge in [0.2, 0.25) is 15.9 Å². The molecule has 0 radical (unpaired) electrons. The molecule has 22 heavy (non-hydrogen) atoms. The van der Waals surface area contributed by atoms with E-state index in [4.69, 9.17) is 0 Å². The van der Waals surface area contributed by atoms with E-state index in [1.807, 2.05) is 0 Å². The summed E-state index contributed by atoms with van der Waals surface area (Å²) in [6.07, 6.45) is 0.566. The van der Waals surface area contributed by atoms with Crippen LogP contribution in [0.4, 0.5) is 0 Å². The van der Waals surface area contributed by atoms with Gasteiger partial charge in [-0.2, -0.15) is 4.31 Å². The molecule has 0 aliphatic carbocycles. The zero-order valence-corrected chi connectivity index (χ0v) is 14.1. The zero-order valence-electron chi connectivity index (χ0n) is 12.4. The maximum Gasteiger partial charge on any atom is 0.349 e. The number of rotatable bonds is 3. The van der Waals surface area contributed by atoms with E-state index in [1.165, 1.54) is 24.4 Å². The summed E-state index contributed by atoms with van der Waals surface area (Å²) in [5.74, 6) is -0.723. The number of amides is 1. The van der Waals surface area contributed by atoms with Crippen molar-refractivity contribution in [1.29, 1.82) is 0 Å². The normalized spacial score (nSPS) is 17.1. The SMILES string of the molecule is COC(=O)c1sccc1S(=O)(=O)N1CCCN(C(C)=O)CC1.